The van der Waals surface area contributed by atoms with Crippen molar-refractivity contribution in [2.24, 2.45) is 12.5 Å². The Kier molecular flexibility index (Phi) is 5.07. The molecule has 1 atom stereocenters. The van der Waals surface area contributed by atoms with Crippen molar-refractivity contribution in [3.05, 3.63) is 47.5 Å². The molecular formula is C24H31N5O2. The summed E-state index contributed by atoms with van der Waals surface area (Å²) in [4.78, 5) is 34.7. The average Bonchev–Trinajstić information content (AvgIpc) is 3.15. The van der Waals surface area contributed by atoms with Crippen molar-refractivity contribution in [1.82, 2.24) is 24.6 Å². The third-order valence-corrected chi connectivity index (χ3v) is 7.60. The van der Waals surface area contributed by atoms with Crippen LogP contribution in [0.15, 0.2) is 30.6 Å². The summed E-state index contributed by atoms with van der Waals surface area (Å²) >= 11 is 0. The minimum Gasteiger partial charge on any atom is -0.337 e. The van der Waals surface area contributed by atoms with Crippen LogP contribution in [0.3, 0.4) is 0 Å². The standard InChI is InChI=1S/C24H31N5O2/c1-17-16-20(27(2)26-17)22(30)28-14-8-19(9-15-28)29-21(18-6-12-25-13-7-18)24(23(29)31)10-4-3-5-11-24/h6-7,12-13,16,19,21H,3-5,8-11,14-15H2,1-2H3. The zero-order chi connectivity index (χ0) is 21.6. The Morgan fingerprint density at radius 2 is 1.77 bits per heavy atom. The second-order valence-electron chi connectivity index (χ2n) is 9.43. The number of amides is 2. The van der Waals surface area contributed by atoms with Gasteiger partial charge in [-0.2, -0.15) is 5.10 Å². The van der Waals surface area contributed by atoms with Gasteiger partial charge in [0.25, 0.3) is 5.91 Å². The highest BCUT2D eigenvalue weighted by Crippen LogP contribution is 2.59. The largest absolute Gasteiger partial charge is 0.337 e. The smallest absolute Gasteiger partial charge is 0.272 e. The number of nitrogens with zero attached hydrogens (tertiary/aromatic N) is 5. The number of aryl methyl sites for hydroxylation is 2. The highest BCUT2D eigenvalue weighted by molar-refractivity contribution is 5.93. The monoisotopic (exact) mass is 421 g/mol. The molecule has 4 heterocycles. The summed E-state index contributed by atoms with van der Waals surface area (Å²) in [5.74, 6) is 0.368. The molecule has 0 bridgehead atoms. The maximum absolute atomic E-state index is 13.5. The van der Waals surface area contributed by atoms with Crippen molar-refractivity contribution in [2.45, 2.75) is 64.0 Å². The molecule has 2 saturated heterocycles. The van der Waals surface area contributed by atoms with Gasteiger partial charge in [-0.25, -0.2) is 0 Å². The van der Waals surface area contributed by atoms with Crippen LogP contribution in [-0.2, 0) is 11.8 Å². The summed E-state index contributed by atoms with van der Waals surface area (Å²) in [5.41, 5.74) is 2.47. The van der Waals surface area contributed by atoms with Crippen molar-refractivity contribution in [3.8, 4) is 0 Å². The highest BCUT2D eigenvalue weighted by atomic mass is 16.2. The molecule has 2 aliphatic heterocycles. The molecule has 1 spiro atoms. The topological polar surface area (TPSA) is 71.3 Å². The van der Waals surface area contributed by atoms with Crippen LogP contribution in [0, 0.1) is 12.3 Å². The van der Waals surface area contributed by atoms with E-state index in [2.05, 4.69) is 27.1 Å². The van der Waals surface area contributed by atoms with Crippen LogP contribution in [0.1, 0.15) is 72.7 Å². The van der Waals surface area contributed by atoms with Gasteiger partial charge < -0.3 is 9.80 Å². The Bertz CT molecular complexity index is 971. The van der Waals surface area contributed by atoms with Gasteiger partial charge in [0.2, 0.25) is 5.91 Å². The van der Waals surface area contributed by atoms with Gasteiger partial charge in [-0.05, 0) is 56.4 Å². The minimum absolute atomic E-state index is 0.0333. The van der Waals surface area contributed by atoms with Gasteiger partial charge in [0.05, 0.1) is 17.2 Å². The van der Waals surface area contributed by atoms with E-state index < -0.39 is 0 Å². The Balaban J connectivity index is 1.33. The lowest BCUT2D eigenvalue weighted by molar-refractivity contribution is -0.186. The number of carbonyl (C=O) groups excluding carboxylic acids is 2. The number of piperidine rings is 1. The minimum atomic E-state index is -0.223. The first-order chi connectivity index (χ1) is 15.0. The van der Waals surface area contributed by atoms with Gasteiger partial charge in [0.15, 0.2) is 0 Å². The number of rotatable bonds is 3. The lowest BCUT2D eigenvalue weighted by atomic mass is 9.59. The van der Waals surface area contributed by atoms with E-state index in [1.807, 2.05) is 37.3 Å². The molecular weight excluding hydrogens is 390 g/mol. The van der Waals surface area contributed by atoms with Crippen LogP contribution >= 0.6 is 0 Å². The van der Waals surface area contributed by atoms with Crippen LogP contribution in [-0.4, -0.2) is 55.5 Å². The molecule has 3 aliphatic rings. The Morgan fingerprint density at radius 3 is 2.39 bits per heavy atom. The number of pyridine rings is 1. The van der Waals surface area contributed by atoms with E-state index in [4.69, 9.17) is 0 Å². The zero-order valence-electron chi connectivity index (χ0n) is 18.5. The zero-order valence-corrected chi connectivity index (χ0v) is 18.5. The summed E-state index contributed by atoms with van der Waals surface area (Å²) in [6.07, 6.45) is 10.8. The van der Waals surface area contributed by atoms with Gasteiger partial charge >= 0.3 is 0 Å². The molecule has 0 N–H and O–H groups in total. The third-order valence-electron chi connectivity index (χ3n) is 7.60. The molecule has 3 fully saturated rings. The molecule has 2 aromatic heterocycles. The maximum atomic E-state index is 13.5. The van der Waals surface area contributed by atoms with Gasteiger partial charge in [-0.3, -0.25) is 19.3 Å². The number of carbonyl (C=O) groups is 2. The van der Waals surface area contributed by atoms with E-state index in [-0.39, 0.29) is 23.4 Å². The summed E-state index contributed by atoms with van der Waals surface area (Å²) < 4.78 is 1.66. The molecule has 5 rings (SSSR count). The van der Waals surface area contributed by atoms with E-state index in [1.54, 1.807) is 4.68 Å². The molecule has 0 radical (unpaired) electrons. The van der Waals surface area contributed by atoms with Crippen LogP contribution in [0.4, 0.5) is 0 Å². The first-order valence-electron chi connectivity index (χ1n) is 11.5. The summed E-state index contributed by atoms with van der Waals surface area (Å²) in [5, 5.41) is 4.31. The van der Waals surface area contributed by atoms with Crippen LogP contribution < -0.4 is 0 Å². The first kappa shape index (κ1) is 20.2. The molecule has 2 aromatic rings. The Hall–Kier alpha value is -2.70. The molecule has 7 heteroatoms. The van der Waals surface area contributed by atoms with Crippen LogP contribution in [0.5, 0.6) is 0 Å². The molecule has 1 aliphatic carbocycles. The van der Waals surface area contributed by atoms with Crippen molar-refractivity contribution in [2.75, 3.05) is 13.1 Å². The van der Waals surface area contributed by atoms with Crippen LogP contribution in [0.2, 0.25) is 0 Å². The van der Waals surface area contributed by atoms with Crippen molar-refractivity contribution in [3.63, 3.8) is 0 Å². The third kappa shape index (κ3) is 3.25. The summed E-state index contributed by atoms with van der Waals surface area (Å²) in [6.45, 7) is 3.25. The second-order valence-corrected chi connectivity index (χ2v) is 9.43. The SMILES string of the molecule is Cc1cc(C(=O)N2CCC(N3C(=O)C4(CCCCC4)C3c3ccncc3)CC2)n(C)n1. The van der Waals surface area contributed by atoms with Crippen molar-refractivity contribution < 1.29 is 9.59 Å². The first-order valence-corrected chi connectivity index (χ1v) is 11.5. The molecule has 2 amide bonds. The van der Waals surface area contributed by atoms with Gasteiger partial charge in [-0.15, -0.1) is 0 Å². The van der Waals surface area contributed by atoms with Gasteiger partial charge in [0.1, 0.15) is 5.69 Å². The second kappa shape index (κ2) is 7.77. The normalized spacial score (nSPS) is 23.8. The van der Waals surface area contributed by atoms with E-state index >= 15 is 0 Å². The Labute approximate surface area is 183 Å². The molecule has 164 valence electrons. The lowest BCUT2D eigenvalue weighted by Gasteiger charge is -2.61. The average molecular weight is 422 g/mol. The predicted octanol–water partition coefficient (Wildman–Crippen LogP) is 3.26. The quantitative estimate of drug-likeness (QED) is 0.713. The number of likely N-dealkylation sites (tertiary alicyclic amines) is 2. The van der Waals surface area contributed by atoms with E-state index in [0.29, 0.717) is 24.7 Å². The molecule has 31 heavy (non-hydrogen) atoms. The lowest BCUT2D eigenvalue weighted by Crippen LogP contribution is -2.67. The number of β-lactam (4-membered cyclic amide) rings is 1. The van der Waals surface area contributed by atoms with Crippen LogP contribution in [0.25, 0.3) is 0 Å². The fraction of sp³-hybridized carbons (Fsp3) is 0.583. The van der Waals surface area contributed by atoms with Gasteiger partial charge in [-0.1, -0.05) is 19.3 Å². The maximum Gasteiger partial charge on any atom is 0.272 e. The number of aromatic nitrogens is 3. The fourth-order valence-corrected chi connectivity index (χ4v) is 6.08. The van der Waals surface area contributed by atoms with Crippen molar-refractivity contribution in [1.29, 1.82) is 0 Å². The van der Waals surface area contributed by atoms with E-state index in [1.165, 1.54) is 12.0 Å². The molecule has 0 aromatic carbocycles. The van der Waals surface area contributed by atoms with E-state index in [0.717, 1.165) is 44.2 Å². The number of hydrogen-bond donors (Lipinski definition) is 0. The summed E-state index contributed by atoms with van der Waals surface area (Å²) in [6, 6.07) is 6.33. The van der Waals surface area contributed by atoms with E-state index in [9.17, 15) is 9.59 Å². The summed E-state index contributed by atoms with van der Waals surface area (Å²) in [7, 11) is 1.81. The Morgan fingerprint density at radius 1 is 1.10 bits per heavy atom. The van der Waals surface area contributed by atoms with Gasteiger partial charge in [0, 0.05) is 38.6 Å². The molecule has 1 unspecified atom stereocenters. The number of hydrogen-bond acceptors (Lipinski definition) is 4. The highest BCUT2D eigenvalue weighted by Gasteiger charge is 2.62. The van der Waals surface area contributed by atoms with Crippen molar-refractivity contribution >= 4 is 11.8 Å². The fourth-order valence-electron chi connectivity index (χ4n) is 6.08. The predicted molar refractivity (Wildman–Crippen MR) is 116 cm³/mol. The molecule has 1 saturated carbocycles. The molecule has 7 nitrogen and oxygen atoms in total.